The van der Waals surface area contributed by atoms with Crippen molar-refractivity contribution in [1.82, 2.24) is 15.2 Å². The van der Waals surface area contributed by atoms with Crippen LogP contribution in [0.2, 0.25) is 0 Å². The Morgan fingerprint density at radius 2 is 2.25 bits per heavy atom. The third-order valence-corrected chi connectivity index (χ3v) is 3.75. The van der Waals surface area contributed by atoms with Crippen molar-refractivity contribution in [3.63, 3.8) is 0 Å². The number of nitrogens with zero attached hydrogens (tertiary/aromatic N) is 2. The Labute approximate surface area is 120 Å². The van der Waals surface area contributed by atoms with Crippen LogP contribution >= 0.6 is 0 Å². The molecule has 1 aliphatic rings. The molecule has 0 saturated carbocycles. The molecule has 1 amide bonds. The van der Waals surface area contributed by atoms with Gasteiger partial charge in [-0.25, -0.2) is 4.79 Å². The van der Waals surface area contributed by atoms with Gasteiger partial charge >= 0.3 is 6.09 Å². The van der Waals surface area contributed by atoms with Crippen LogP contribution in [0.25, 0.3) is 0 Å². The van der Waals surface area contributed by atoms with Gasteiger partial charge in [-0.1, -0.05) is 0 Å². The summed E-state index contributed by atoms with van der Waals surface area (Å²) in [7, 11) is 0. The number of aromatic nitrogens is 1. The first-order valence-electron chi connectivity index (χ1n) is 7.25. The summed E-state index contributed by atoms with van der Waals surface area (Å²) in [5.74, 6) is 0. The van der Waals surface area contributed by atoms with Gasteiger partial charge in [0.15, 0.2) is 0 Å². The summed E-state index contributed by atoms with van der Waals surface area (Å²) in [6.07, 6.45) is 5.48. The zero-order valence-corrected chi connectivity index (χ0v) is 12.3. The minimum absolute atomic E-state index is 0.186. The summed E-state index contributed by atoms with van der Waals surface area (Å²) in [5, 5.41) is 3.55. The fraction of sp³-hybridized carbons (Fsp3) is 0.600. The van der Waals surface area contributed by atoms with Crippen molar-refractivity contribution >= 4 is 6.09 Å². The molecule has 0 aliphatic carbocycles. The summed E-state index contributed by atoms with van der Waals surface area (Å²) in [6, 6.07) is 2.49. The Hall–Kier alpha value is -1.62. The number of hydrogen-bond acceptors (Lipinski definition) is 4. The molecule has 1 aromatic heterocycles. The highest BCUT2D eigenvalue weighted by Crippen LogP contribution is 2.13. The molecule has 5 heteroatoms. The second-order valence-electron chi connectivity index (χ2n) is 5.14. The number of likely N-dealkylation sites (tertiary alicyclic amines) is 1. The van der Waals surface area contributed by atoms with Crippen LogP contribution in [0, 0.1) is 6.92 Å². The van der Waals surface area contributed by atoms with Crippen LogP contribution < -0.4 is 5.32 Å². The number of rotatable bonds is 4. The largest absolute Gasteiger partial charge is 0.450 e. The zero-order valence-electron chi connectivity index (χ0n) is 12.3. The average molecular weight is 277 g/mol. The number of carbonyl (C=O) groups is 1. The van der Waals surface area contributed by atoms with E-state index in [1.165, 1.54) is 11.1 Å². The van der Waals surface area contributed by atoms with E-state index in [0.29, 0.717) is 12.6 Å². The smallest absolute Gasteiger partial charge is 0.409 e. The lowest BCUT2D eigenvalue weighted by molar-refractivity contribution is 0.0950. The van der Waals surface area contributed by atoms with Crippen LogP contribution in [0.4, 0.5) is 4.79 Å². The molecule has 0 bridgehead atoms. The van der Waals surface area contributed by atoms with E-state index in [2.05, 4.69) is 17.2 Å². The Morgan fingerprint density at radius 1 is 1.50 bits per heavy atom. The summed E-state index contributed by atoms with van der Waals surface area (Å²) in [5.41, 5.74) is 2.50. The van der Waals surface area contributed by atoms with Crippen LogP contribution in [0.15, 0.2) is 18.5 Å². The summed E-state index contributed by atoms with van der Waals surface area (Å²) < 4.78 is 5.02. The van der Waals surface area contributed by atoms with E-state index >= 15 is 0 Å². The highest BCUT2D eigenvalue weighted by atomic mass is 16.6. The van der Waals surface area contributed by atoms with Crippen molar-refractivity contribution in [2.24, 2.45) is 0 Å². The Kier molecular flexibility index (Phi) is 5.35. The molecule has 1 aromatic rings. The number of aryl methyl sites for hydroxylation is 1. The molecule has 1 N–H and O–H groups in total. The van der Waals surface area contributed by atoms with Gasteiger partial charge in [0.25, 0.3) is 0 Å². The van der Waals surface area contributed by atoms with E-state index in [9.17, 15) is 4.79 Å². The van der Waals surface area contributed by atoms with Crippen molar-refractivity contribution in [2.45, 2.75) is 39.3 Å². The topological polar surface area (TPSA) is 54.5 Å². The predicted octanol–water partition coefficient (Wildman–Crippen LogP) is 2.10. The number of ether oxygens (including phenoxy) is 1. The summed E-state index contributed by atoms with van der Waals surface area (Å²) in [4.78, 5) is 17.5. The fourth-order valence-corrected chi connectivity index (χ4v) is 2.42. The molecule has 5 nitrogen and oxygen atoms in total. The number of hydrogen-bond donors (Lipinski definition) is 1. The van der Waals surface area contributed by atoms with Gasteiger partial charge < -0.3 is 15.0 Å². The molecule has 0 radical (unpaired) electrons. The molecule has 20 heavy (non-hydrogen) atoms. The fourth-order valence-electron chi connectivity index (χ4n) is 2.42. The van der Waals surface area contributed by atoms with Crippen LogP contribution in [-0.4, -0.2) is 41.7 Å². The number of amides is 1. The second kappa shape index (κ2) is 7.24. The minimum atomic E-state index is -0.186. The van der Waals surface area contributed by atoms with E-state index in [4.69, 9.17) is 4.74 Å². The molecule has 0 aromatic carbocycles. The van der Waals surface area contributed by atoms with Gasteiger partial charge in [-0.2, -0.15) is 0 Å². The monoisotopic (exact) mass is 277 g/mol. The molecule has 0 unspecified atom stereocenters. The maximum absolute atomic E-state index is 11.6. The molecule has 2 heterocycles. The molecule has 1 saturated heterocycles. The zero-order chi connectivity index (χ0) is 14.4. The predicted molar refractivity (Wildman–Crippen MR) is 77.4 cm³/mol. The van der Waals surface area contributed by atoms with Gasteiger partial charge in [-0.15, -0.1) is 0 Å². The lowest BCUT2D eigenvalue weighted by Crippen LogP contribution is -2.44. The lowest BCUT2D eigenvalue weighted by Gasteiger charge is -2.31. The number of nitrogens with one attached hydrogen (secondary N) is 1. The van der Waals surface area contributed by atoms with Crippen LogP contribution in [0.1, 0.15) is 30.9 Å². The summed E-state index contributed by atoms with van der Waals surface area (Å²) in [6.45, 7) is 6.75. The highest BCUT2D eigenvalue weighted by Gasteiger charge is 2.23. The molecule has 0 spiro atoms. The van der Waals surface area contributed by atoms with Crippen molar-refractivity contribution in [1.29, 1.82) is 0 Å². The van der Waals surface area contributed by atoms with Gasteiger partial charge in [0, 0.05) is 38.1 Å². The molecule has 1 fully saturated rings. The van der Waals surface area contributed by atoms with E-state index < -0.39 is 0 Å². The van der Waals surface area contributed by atoms with E-state index in [1.807, 2.05) is 25.4 Å². The number of piperidine rings is 1. The molecule has 110 valence electrons. The first-order chi connectivity index (χ1) is 9.70. The van der Waals surface area contributed by atoms with Gasteiger partial charge in [0.1, 0.15) is 0 Å². The van der Waals surface area contributed by atoms with Crippen LogP contribution in [0.5, 0.6) is 0 Å². The summed E-state index contributed by atoms with van der Waals surface area (Å²) >= 11 is 0. The van der Waals surface area contributed by atoms with Crippen molar-refractivity contribution in [3.8, 4) is 0 Å². The molecule has 2 rings (SSSR count). The normalized spacial score (nSPS) is 16.2. The van der Waals surface area contributed by atoms with Gasteiger partial charge in [0.05, 0.1) is 6.61 Å². The Morgan fingerprint density at radius 3 is 2.90 bits per heavy atom. The van der Waals surface area contributed by atoms with Crippen molar-refractivity contribution in [3.05, 3.63) is 29.6 Å². The molecule has 1 aliphatic heterocycles. The standard InChI is InChI=1S/C15H23N3O2/c1-3-20-15(19)18-8-5-14(6-9-18)17-11-13-10-16-7-4-12(13)2/h4,7,10,14,17H,3,5-6,8-9,11H2,1-2H3. The van der Waals surface area contributed by atoms with E-state index in [1.54, 1.807) is 4.90 Å². The number of pyridine rings is 1. The molecule has 0 atom stereocenters. The quantitative estimate of drug-likeness (QED) is 0.915. The number of carbonyl (C=O) groups excluding carboxylic acids is 1. The maximum atomic E-state index is 11.6. The van der Waals surface area contributed by atoms with Gasteiger partial charge in [-0.05, 0) is 43.9 Å². The Balaban J connectivity index is 1.75. The molecular weight excluding hydrogens is 254 g/mol. The highest BCUT2D eigenvalue weighted by molar-refractivity contribution is 5.67. The molecular formula is C15H23N3O2. The van der Waals surface area contributed by atoms with Crippen molar-refractivity contribution < 1.29 is 9.53 Å². The third kappa shape index (κ3) is 3.93. The second-order valence-corrected chi connectivity index (χ2v) is 5.14. The van der Waals surface area contributed by atoms with E-state index in [-0.39, 0.29) is 6.09 Å². The van der Waals surface area contributed by atoms with Gasteiger partial charge in [-0.3, -0.25) is 4.98 Å². The Bertz CT molecular complexity index is 442. The first kappa shape index (κ1) is 14.8. The maximum Gasteiger partial charge on any atom is 0.409 e. The SMILES string of the molecule is CCOC(=O)N1CCC(NCc2cnccc2C)CC1. The van der Waals surface area contributed by atoms with Crippen LogP contribution in [-0.2, 0) is 11.3 Å². The lowest BCUT2D eigenvalue weighted by atomic mass is 10.0. The van der Waals surface area contributed by atoms with Gasteiger partial charge in [0.2, 0.25) is 0 Å². The third-order valence-electron chi connectivity index (χ3n) is 3.75. The van der Waals surface area contributed by atoms with E-state index in [0.717, 1.165) is 32.5 Å². The van der Waals surface area contributed by atoms with Crippen LogP contribution in [0.3, 0.4) is 0 Å². The average Bonchev–Trinajstić information content (AvgIpc) is 2.47. The van der Waals surface area contributed by atoms with Crippen molar-refractivity contribution in [2.75, 3.05) is 19.7 Å². The first-order valence-corrected chi connectivity index (χ1v) is 7.25. The minimum Gasteiger partial charge on any atom is -0.450 e.